The summed E-state index contributed by atoms with van der Waals surface area (Å²) in [5, 5.41) is 12.4. The second-order valence-electron chi connectivity index (χ2n) is 4.93. The van der Waals surface area contributed by atoms with E-state index >= 15 is 0 Å². The minimum atomic E-state index is -0.699. The molecule has 0 aliphatic heterocycles. The maximum atomic E-state index is 11.8. The Balaban J connectivity index is 2.17. The second-order valence-corrected chi connectivity index (χ2v) is 4.93. The van der Waals surface area contributed by atoms with E-state index in [2.05, 4.69) is 6.92 Å². The lowest BCUT2D eigenvalue weighted by Crippen LogP contribution is -2.07. The lowest BCUT2D eigenvalue weighted by atomic mass is 9.96. The highest BCUT2D eigenvalue weighted by molar-refractivity contribution is 5.87. The lowest BCUT2D eigenvalue weighted by Gasteiger charge is -2.13. The highest BCUT2D eigenvalue weighted by Gasteiger charge is 2.14. The van der Waals surface area contributed by atoms with Gasteiger partial charge in [-0.05, 0) is 22.8 Å². The molecular formula is C17H20O2. The molecule has 0 saturated heterocycles. The van der Waals surface area contributed by atoms with Gasteiger partial charge in [0.25, 0.3) is 0 Å². The number of carbonyl (C=O) groups excluding carboxylic acids is 1. The number of rotatable bonds is 6. The van der Waals surface area contributed by atoms with Crippen molar-refractivity contribution >= 4 is 16.6 Å². The molecule has 0 spiro atoms. The smallest absolute Gasteiger partial charge is 0.135 e. The van der Waals surface area contributed by atoms with E-state index in [9.17, 15) is 9.90 Å². The van der Waals surface area contributed by atoms with Crippen molar-refractivity contribution in [2.45, 2.75) is 38.7 Å². The first kappa shape index (κ1) is 13.8. The van der Waals surface area contributed by atoms with Crippen molar-refractivity contribution in [2.24, 2.45) is 0 Å². The van der Waals surface area contributed by atoms with E-state index in [1.165, 1.54) is 0 Å². The molecule has 2 rings (SSSR count). The molecule has 1 N–H and O–H groups in total. The van der Waals surface area contributed by atoms with Crippen LogP contribution in [0.15, 0.2) is 42.5 Å². The maximum Gasteiger partial charge on any atom is 0.135 e. The van der Waals surface area contributed by atoms with Gasteiger partial charge in [0.15, 0.2) is 0 Å². The van der Waals surface area contributed by atoms with Crippen LogP contribution in [0.1, 0.15) is 44.3 Å². The van der Waals surface area contributed by atoms with Crippen molar-refractivity contribution in [3.63, 3.8) is 0 Å². The van der Waals surface area contributed by atoms with E-state index < -0.39 is 6.10 Å². The number of aliphatic hydroxyl groups is 1. The number of carbonyl (C=O) groups is 1. The highest BCUT2D eigenvalue weighted by Crippen LogP contribution is 2.26. The largest absolute Gasteiger partial charge is 0.388 e. The summed E-state index contributed by atoms with van der Waals surface area (Å²) in [7, 11) is 0. The zero-order chi connectivity index (χ0) is 13.7. The molecule has 0 fully saturated rings. The molecule has 100 valence electrons. The van der Waals surface area contributed by atoms with Crippen molar-refractivity contribution < 1.29 is 9.90 Å². The summed E-state index contributed by atoms with van der Waals surface area (Å²) in [5.74, 6) is 0.141. The fourth-order valence-corrected chi connectivity index (χ4v) is 2.34. The minimum absolute atomic E-state index is 0.141. The fraction of sp³-hybridized carbons (Fsp3) is 0.353. The Labute approximate surface area is 114 Å². The fourth-order valence-electron chi connectivity index (χ4n) is 2.34. The van der Waals surface area contributed by atoms with Gasteiger partial charge in [-0.2, -0.15) is 0 Å². The summed E-state index contributed by atoms with van der Waals surface area (Å²) in [4.78, 5) is 11.8. The second kappa shape index (κ2) is 6.48. The van der Waals surface area contributed by atoms with Crippen LogP contribution in [0.25, 0.3) is 10.8 Å². The summed E-state index contributed by atoms with van der Waals surface area (Å²) < 4.78 is 0. The van der Waals surface area contributed by atoms with E-state index in [1.807, 2.05) is 42.5 Å². The van der Waals surface area contributed by atoms with E-state index in [4.69, 9.17) is 0 Å². The van der Waals surface area contributed by atoms with E-state index in [0.29, 0.717) is 6.42 Å². The van der Waals surface area contributed by atoms with Crippen LogP contribution >= 0.6 is 0 Å². The Morgan fingerprint density at radius 3 is 2.68 bits per heavy atom. The SMILES string of the molecule is CCCCC(=O)C[C@@H](O)c1cccc2ccccc12. The predicted octanol–water partition coefficient (Wildman–Crippen LogP) is 4.02. The summed E-state index contributed by atoms with van der Waals surface area (Å²) >= 11 is 0. The molecule has 0 heterocycles. The third kappa shape index (κ3) is 3.42. The first-order valence-electron chi connectivity index (χ1n) is 6.89. The van der Waals surface area contributed by atoms with Gasteiger partial charge in [0, 0.05) is 12.8 Å². The number of ketones is 1. The monoisotopic (exact) mass is 256 g/mol. The predicted molar refractivity (Wildman–Crippen MR) is 78.1 cm³/mol. The van der Waals surface area contributed by atoms with Crippen molar-refractivity contribution in [1.82, 2.24) is 0 Å². The Bertz CT molecular complexity index is 555. The van der Waals surface area contributed by atoms with Crippen LogP contribution in [0, 0.1) is 0 Å². The zero-order valence-corrected chi connectivity index (χ0v) is 11.3. The molecule has 0 saturated carbocycles. The van der Waals surface area contributed by atoms with Crippen molar-refractivity contribution in [3.8, 4) is 0 Å². The number of benzene rings is 2. The molecule has 19 heavy (non-hydrogen) atoms. The average Bonchev–Trinajstić information content (AvgIpc) is 2.44. The van der Waals surface area contributed by atoms with E-state index in [1.54, 1.807) is 0 Å². The van der Waals surface area contributed by atoms with Crippen LogP contribution in [-0.2, 0) is 4.79 Å². The molecule has 0 amide bonds. The molecule has 1 atom stereocenters. The van der Waals surface area contributed by atoms with Crippen LogP contribution < -0.4 is 0 Å². The standard InChI is InChI=1S/C17H20O2/c1-2-3-9-14(18)12-17(19)16-11-6-8-13-7-4-5-10-15(13)16/h4-8,10-11,17,19H,2-3,9,12H2,1H3/t17-/m1/s1. The molecule has 0 radical (unpaired) electrons. The van der Waals surface area contributed by atoms with Gasteiger partial charge in [-0.3, -0.25) is 4.79 Å². The molecule has 0 bridgehead atoms. The number of fused-ring (bicyclic) bond motifs is 1. The van der Waals surface area contributed by atoms with Gasteiger partial charge in [0.1, 0.15) is 5.78 Å². The van der Waals surface area contributed by atoms with Crippen molar-refractivity contribution in [2.75, 3.05) is 0 Å². The van der Waals surface area contributed by atoms with Gasteiger partial charge in [0.05, 0.1) is 6.10 Å². The van der Waals surface area contributed by atoms with Gasteiger partial charge in [-0.1, -0.05) is 55.8 Å². The van der Waals surface area contributed by atoms with Crippen LogP contribution in [0.2, 0.25) is 0 Å². The molecule has 2 heteroatoms. The molecule has 0 aromatic heterocycles. The topological polar surface area (TPSA) is 37.3 Å². The van der Waals surface area contributed by atoms with Gasteiger partial charge >= 0.3 is 0 Å². The number of aliphatic hydroxyl groups excluding tert-OH is 1. The van der Waals surface area contributed by atoms with Crippen LogP contribution in [0.4, 0.5) is 0 Å². The van der Waals surface area contributed by atoms with Crippen LogP contribution in [0.3, 0.4) is 0 Å². The third-order valence-corrected chi connectivity index (χ3v) is 3.41. The Morgan fingerprint density at radius 2 is 1.89 bits per heavy atom. The quantitative estimate of drug-likeness (QED) is 0.847. The minimum Gasteiger partial charge on any atom is -0.388 e. The first-order chi connectivity index (χ1) is 9.22. The summed E-state index contributed by atoms with van der Waals surface area (Å²) in [6.45, 7) is 2.06. The maximum absolute atomic E-state index is 11.8. The Hall–Kier alpha value is -1.67. The normalized spacial score (nSPS) is 12.5. The lowest BCUT2D eigenvalue weighted by molar-refractivity contribution is -0.121. The van der Waals surface area contributed by atoms with E-state index in [0.717, 1.165) is 29.2 Å². The summed E-state index contributed by atoms with van der Waals surface area (Å²) in [6, 6.07) is 13.8. The third-order valence-electron chi connectivity index (χ3n) is 3.41. The summed E-state index contributed by atoms with van der Waals surface area (Å²) in [6.07, 6.45) is 2.00. The van der Waals surface area contributed by atoms with Gasteiger partial charge < -0.3 is 5.11 Å². The highest BCUT2D eigenvalue weighted by atomic mass is 16.3. The van der Waals surface area contributed by atoms with Crippen LogP contribution in [-0.4, -0.2) is 10.9 Å². The van der Waals surface area contributed by atoms with Gasteiger partial charge in [-0.25, -0.2) is 0 Å². The number of Topliss-reactive ketones (excluding diaryl/α,β-unsaturated/α-hetero) is 1. The van der Waals surface area contributed by atoms with Crippen LogP contribution in [0.5, 0.6) is 0 Å². The Morgan fingerprint density at radius 1 is 1.16 bits per heavy atom. The molecular weight excluding hydrogens is 236 g/mol. The van der Waals surface area contributed by atoms with Gasteiger partial charge in [-0.15, -0.1) is 0 Å². The van der Waals surface area contributed by atoms with Gasteiger partial charge in [0.2, 0.25) is 0 Å². The number of hydrogen-bond acceptors (Lipinski definition) is 2. The average molecular weight is 256 g/mol. The Kier molecular flexibility index (Phi) is 4.69. The van der Waals surface area contributed by atoms with E-state index in [-0.39, 0.29) is 12.2 Å². The molecule has 2 aromatic carbocycles. The van der Waals surface area contributed by atoms with Crippen molar-refractivity contribution in [3.05, 3.63) is 48.0 Å². The zero-order valence-electron chi connectivity index (χ0n) is 11.3. The molecule has 0 unspecified atom stereocenters. The number of unbranched alkanes of at least 4 members (excludes halogenated alkanes) is 1. The molecule has 2 nitrogen and oxygen atoms in total. The first-order valence-corrected chi connectivity index (χ1v) is 6.89. The molecule has 0 aliphatic rings. The van der Waals surface area contributed by atoms with Crippen molar-refractivity contribution in [1.29, 1.82) is 0 Å². The number of hydrogen-bond donors (Lipinski definition) is 1. The molecule has 2 aromatic rings. The summed E-state index contributed by atoms with van der Waals surface area (Å²) in [5.41, 5.74) is 0.850. The molecule has 0 aliphatic carbocycles.